The number of Topliss-reactive ketones (excluding diaryl/α,β-unsaturated/α-hetero) is 2. The van der Waals surface area contributed by atoms with Gasteiger partial charge >= 0.3 is 29.6 Å². The number of hydrogen-bond acceptors (Lipinski definition) is 21. The minimum atomic E-state index is -1.36. The SMILES string of the molecule is CC[C@@H](C(=O)[C@@H](C)[C@@H](O)[C@H](C)[C@@H]1O[C@@H]([C@@H](CC)C(N)=O)CC[C@@H]1C)[C@H]1O[C@]2(C=C[C@@H](O)[C@]3(CC[C@@](C)([C@H]4CC[C@](O)(CC)[C@H](C)O4)O3)O2)[C@H](C)C[C@@H]1C.CC[C@@H]([C-]=O)[C@H]1CC[C@H](C)[C@H]([C@@H](C)[C@H](O)[C@H](C)C(=O)[C@H](CC)[C@H]2O[C@]3(C=C[C@@H](O)[C@]4(CC[C@@](C)([C@H]5CC[C@](O)(CC)[C@H](C)O5)O4)O3)[C@H](C)C[C@@H]2C)O1.[Na+].[OH-]. The number of primary amides is 1. The maximum atomic E-state index is 14.4. The first-order chi connectivity index (χ1) is 49.2. The van der Waals surface area contributed by atoms with E-state index in [1.165, 1.54) is 0 Å². The third-order valence-corrected chi connectivity index (χ3v) is 28.8. The topological polar surface area (TPSA) is 338 Å². The minimum absolute atomic E-state index is 0. The largest absolute Gasteiger partial charge is 1.00 e. The van der Waals surface area contributed by atoms with Crippen LogP contribution in [0.2, 0.25) is 0 Å². The van der Waals surface area contributed by atoms with Crippen molar-refractivity contribution in [3.05, 3.63) is 24.3 Å². The Kier molecular flexibility index (Phi) is 31.6. The summed E-state index contributed by atoms with van der Waals surface area (Å²) in [5.74, 6) is -9.16. The monoisotopic (exact) mass is 1520 g/mol. The Morgan fingerprint density at radius 3 is 1.21 bits per heavy atom. The summed E-state index contributed by atoms with van der Waals surface area (Å²) in [7, 11) is 0. The Labute approximate surface area is 662 Å². The molecule has 9 N–H and O–H groups in total. The van der Waals surface area contributed by atoms with Crippen molar-refractivity contribution < 1.29 is 132 Å². The first kappa shape index (κ1) is 92.5. The molecule has 0 aromatic rings. The van der Waals surface area contributed by atoms with Crippen LogP contribution in [0, 0.1) is 82.9 Å². The molecule has 4 spiro atoms. The Bertz CT molecular complexity index is 3000. The van der Waals surface area contributed by atoms with Gasteiger partial charge in [0.15, 0.2) is 11.6 Å². The third kappa shape index (κ3) is 18.3. The zero-order valence-corrected chi connectivity index (χ0v) is 71.0. The molecule has 10 heterocycles. The van der Waals surface area contributed by atoms with Crippen LogP contribution in [-0.2, 0) is 66.5 Å². The van der Waals surface area contributed by atoms with Gasteiger partial charge in [-0.05, 0) is 185 Å². The predicted molar refractivity (Wildman–Crippen MR) is 399 cm³/mol. The van der Waals surface area contributed by atoms with Gasteiger partial charge in [-0.15, -0.1) is 5.92 Å². The second kappa shape index (κ2) is 36.6. The molecule has 610 valence electrons. The number of amides is 1. The molecule has 0 bridgehead atoms. The average molecular weight is 1520 g/mol. The second-order valence-electron chi connectivity index (χ2n) is 35.7. The van der Waals surface area contributed by atoms with E-state index in [0.29, 0.717) is 89.9 Å². The number of ether oxygens (including phenoxy) is 10. The Morgan fingerprint density at radius 1 is 0.505 bits per heavy atom. The summed E-state index contributed by atoms with van der Waals surface area (Å²) in [6, 6.07) is 0. The van der Waals surface area contributed by atoms with Crippen molar-refractivity contribution in [2.45, 2.75) is 398 Å². The molecule has 10 aliphatic heterocycles. The summed E-state index contributed by atoms with van der Waals surface area (Å²) < 4.78 is 67.1. The number of hydrogen-bond donors (Lipinski definition) is 7. The van der Waals surface area contributed by atoms with Crippen LogP contribution in [0.1, 0.15) is 267 Å². The smallest absolute Gasteiger partial charge is 0.870 e. The van der Waals surface area contributed by atoms with Gasteiger partial charge in [-0.1, -0.05) is 117 Å². The molecule has 0 aliphatic carbocycles. The van der Waals surface area contributed by atoms with E-state index in [2.05, 4.69) is 47.8 Å². The molecule has 8 saturated heterocycles. The average Bonchev–Trinajstić information content (AvgIpc) is 1.65. The van der Waals surface area contributed by atoms with Gasteiger partial charge in [0.2, 0.25) is 17.5 Å². The van der Waals surface area contributed by atoms with Gasteiger partial charge in [-0.3, -0.25) is 20.7 Å². The molecular weight excluding hydrogens is 1380 g/mol. The molecule has 0 unspecified atom stereocenters. The number of aliphatic hydroxyl groups excluding tert-OH is 4. The van der Waals surface area contributed by atoms with Crippen LogP contribution in [0.25, 0.3) is 0 Å². The number of nitrogens with two attached hydrogens (primary N) is 1. The normalized spacial score (nSPS) is 45.6. The fraction of sp³-hybridized carbons (Fsp3) is 0.905. The van der Waals surface area contributed by atoms with E-state index < -0.39 is 106 Å². The van der Waals surface area contributed by atoms with Gasteiger partial charge in [0.05, 0.1) is 95.5 Å². The zero-order valence-electron chi connectivity index (χ0n) is 69.0. The third-order valence-electron chi connectivity index (χ3n) is 28.8. The Balaban J connectivity index is 0.000000293. The molecule has 0 radical (unpaired) electrons. The van der Waals surface area contributed by atoms with Crippen molar-refractivity contribution in [2.24, 2.45) is 88.6 Å². The molecule has 36 atom stereocenters. The first-order valence-corrected chi connectivity index (χ1v) is 41.3. The summed E-state index contributed by atoms with van der Waals surface area (Å²) in [6.45, 7) is 39.7. The molecule has 0 aromatic heterocycles. The fourth-order valence-corrected chi connectivity index (χ4v) is 20.9. The molecule has 23 heteroatoms. The Hall–Kier alpha value is -1.72. The van der Waals surface area contributed by atoms with E-state index in [0.717, 1.165) is 38.5 Å². The van der Waals surface area contributed by atoms with Gasteiger partial charge in [0, 0.05) is 66.3 Å². The molecule has 22 nitrogen and oxygen atoms in total. The van der Waals surface area contributed by atoms with Crippen LogP contribution in [0.3, 0.4) is 0 Å². The number of carbonyl (C=O) groups excluding carboxylic acids is 4. The van der Waals surface area contributed by atoms with E-state index in [1.54, 1.807) is 25.2 Å². The molecule has 10 aliphatic rings. The van der Waals surface area contributed by atoms with E-state index in [9.17, 15) is 49.8 Å². The number of ketones is 2. The summed E-state index contributed by atoms with van der Waals surface area (Å²) in [6.07, 6.45) is 14.7. The van der Waals surface area contributed by atoms with E-state index in [-0.39, 0.29) is 161 Å². The fourth-order valence-electron chi connectivity index (χ4n) is 20.9. The zero-order chi connectivity index (χ0) is 77.6. The van der Waals surface area contributed by atoms with Crippen molar-refractivity contribution >= 4 is 23.8 Å². The number of rotatable bonds is 24. The van der Waals surface area contributed by atoms with Crippen LogP contribution in [-0.4, -0.2) is 191 Å². The van der Waals surface area contributed by atoms with Gasteiger partial charge < -0.3 is 94.0 Å². The molecule has 107 heavy (non-hydrogen) atoms. The van der Waals surface area contributed by atoms with Crippen molar-refractivity contribution in [3.63, 3.8) is 0 Å². The molecule has 0 saturated carbocycles. The summed E-state index contributed by atoms with van der Waals surface area (Å²) >= 11 is 0. The van der Waals surface area contributed by atoms with Crippen molar-refractivity contribution in [3.8, 4) is 0 Å². The van der Waals surface area contributed by atoms with Crippen molar-refractivity contribution in [1.29, 1.82) is 0 Å². The summed E-state index contributed by atoms with van der Waals surface area (Å²) in [4.78, 5) is 52.6. The first-order valence-electron chi connectivity index (χ1n) is 41.3. The summed E-state index contributed by atoms with van der Waals surface area (Å²) in [5.41, 5.74) is 2.47. The van der Waals surface area contributed by atoms with Gasteiger partial charge in [-0.25, -0.2) is 0 Å². The van der Waals surface area contributed by atoms with Crippen molar-refractivity contribution in [1.82, 2.24) is 0 Å². The van der Waals surface area contributed by atoms with Crippen LogP contribution < -0.4 is 35.3 Å². The second-order valence-corrected chi connectivity index (χ2v) is 35.7. The van der Waals surface area contributed by atoms with Crippen LogP contribution >= 0.6 is 0 Å². The predicted octanol–water partition coefficient (Wildman–Crippen LogP) is 8.63. The molecule has 1 amide bonds. The van der Waals surface area contributed by atoms with E-state index in [1.807, 2.05) is 96.1 Å². The Morgan fingerprint density at radius 2 is 0.879 bits per heavy atom. The quantitative estimate of drug-likeness (QED) is 0.0270. The van der Waals surface area contributed by atoms with Crippen LogP contribution in [0.4, 0.5) is 0 Å². The molecule has 10 rings (SSSR count). The number of carbonyl (C=O) groups is 3. The van der Waals surface area contributed by atoms with Crippen LogP contribution in [0.15, 0.2) is 24.3 Å². The summed E-state index contributed by atoms with van der Waals surface area (Å²) in [5, 5.41) is 68.4. The van der Waals surface area contributed by atoms with Gasteiger partial charge in [0.1, 0.15) is 23.8 Å². The van der Waals surface area contributed by atoms with Crippen LogP contribution in [0.5, 0.6) is 0 Å². The number of aliphatic hydroxyl groups is 6. The van der Waals surface area contributed by atoms with Gasteiger partial charge in [-0.2, -0.15) is 0 Å². The standard InChI is InChI=1S/C42H71NO10.C42H69O10.Na.H2O/c1-11-29(38(43)47)31-15-14-23(4)36(50-31)27(8)34(45)26(7)35(46)30(12-2)37-24(5)22-25(6)41(51-37)19-16-32(44)42(53-41)21-20-39(10,52-42)33-17-18-40(48,13-3)28(9)49-33;1-11-30(23-43)32-15-14-24(4)37(49-32)28(8)35(45)27(7)36(46)31(12-2)38-25(5)22-26(6)41(50-38)19-16-33(44)42(52-41)21-20-39(10,51-42)34-17-18-40(47,13-3)29(9)48-34;;/h16,19,23-34,36-37,44-45,48H,11-15,17-18,20-22H2,1-10H3,(H2,43,47);16,19,24-35,37-38,44-45,47H,11-15,17-18,20-22H2,1-10H3;;1H2/q;-1;+1;/p-1/t23-,24-,25+,26-,27-,28-,29+,30-,31+,32+,33+,34+,36+,37-,39-,40+,41-,42-;24-,25-,26+,27-,28-,29-,30-,31-,32+,33+,34+,35+,37+,38-,39-,40+,41-,42-;;/m00../s1. The van der Waals surface area contributed by atoms with Crippen molar-refractivity contribution in [2.75, 3.05) is 0 Å². The minimum Gasteiger partial charge on any atom is -0.870 e. The maximum Gasteiger partial charge on any atom is 1.00 e. The van der Waals surface area contributed by atoms with E-state index >= 15 is 0 Å². The maximum absolute atomic E-state index is 14.4. The molecule has 0 aromatic carbocycles. The van der Waals surface area contributed by atoms with Gasteiger partial charge in [0.25, 0.3) is 0 Å². The molecule has 8 fully saturated rings. The van der Waals surface area contributed by atoms with E-state index in [4.69, 9.17) is 53.1 Å². The molecular formula is C84H141NNaO21-.